The average molecular weight is 277 g/mol. The number of carbonyl (C=O) groups excluding carboxylic acids is 1. The number of thioether (sulfide) groups is 1. The van der Waals surface area contributed by atoms with Gasteiger partial charge in [-0.1, -0.05) is 17.7 Å². The van der Waals surface area contributed by atoms with Gasteiger partial charge in [0, 0.05) is 11.4 Å². The van der Waals surface area contributed by atoms with Crippen LogP contribution in [0.2, 0.25) is 0 Å². The highest BCUT2D eigenvalue weighted by Crippen LogP contribution is 2.28. The van der Waals surface area contributed by atoms with Gasteiger partial charge in [0.25, 0.3) is 5.91 Å². The summed E-state index contributed by atoms with van der Waals surface area (Å²) < 4.78 is 5.43. The second-order valence-electron chi connectivity index (χ2n) is 4.81. The van der Waals surface area contributed by atoms with Crippen LogP contribution >= 0.6 is 11.8 Å². The molecule has 0 fully saturated rings. The Morgan fingerprint density at radius 3 is 2.42 bits per heavy atom. The number of anilines is 1. The maximum absolute atomic E-state index is 12.3. The minimum absolute atomic E-state index is 0.0720. The molecule has 0 spiro atoms. The van der Waals surface area contributed by atoms with Crippen LogP contribution in [0.1, 0.15) is 23.6 Å². The van der Waals surface area contributed by atoms with Crippen molar-refractivity contribution in [3.05, 3.63) is 39.5 Å². The maximum Gasteiger partial charge on any atom is 0.265 e. The van der Waals surface area contributed by atoms with E-state index in [1.54, 1.807) is 11.8 Å². The van der Waals surface area contributed by atoms with E-state index in [-0.39, 0.29) is 5.91 Å². The van der Waals surface area contributed by atoms with Crippen LogP contribution in [0, 0.1) is 20.8 Å². The number of aryl methyl sites for hydroxylation is 3. The molecule has 0 aliphatic carbocycles. The van der Waals surface area contributed by atoms with Gasteiger partial charge in [0.2, 0.25) is 0 Å². The number of ether oxygens (including phenoxy) is 1. The van der Waals surface area contributed by atoms with Crippen molar-refractivity contribution in [3.8, 4) is 0 Å². The molecule has 0 saturated carbocycles. The largest absolute Gasteiger partial charge is 0.496 e. The molecule has 1 aromatic rings. The molecule has 3 nitrogen and oxygen atoms in total. The molecule has 0 bridgehead atoms. The molecular weight excluding hydrogens is 258 g/mol. The zero-order valence-corrected chi connectivity index (χ0v) is 12.6. The molecule has 0 aromatic heterocycles. The molecule has 1 aliphatic rings. The van der Waals surface area contributed by atoms with E-state index in [0.29, 0.717) is 11.5 Å². The van der Waals surface area contributed by atoms with E-state index in [0.717, 1.165) is 28.3 Å². The Hall–Kier alpha value is -1.42. The Morgan fingerprint density at radius 2 is 1.84 bits per heavy atom. The summed E-state index contributed by atoms with van der Waals surface area (Å²) in [5, 5.41) is 3.01. The Morgan fingerprint density at radius 1 is 1.21 bits per heavy atom. The first-order valence-corrected chi connectivity index (χ1v) is 7.33. The summed E-state index contributed by atoms with van der Waals surface area (Å²) in [4.78, 5) is 13.0. The summed E-state index contributed by atoms with van der Waals surface area (Å²) in [6.45, 7) is 8.61. The van der Waals surface area contributed by atoms with Gasteiger partial charge in [-0.05, 0) is 38.8 Å². The Balaban J connectivity index is 2.24. The van der Waals surface area contributed by atoms with Crippen LogP contribution < -0.4 is 5.32 Å². The van der Waals surface area contributed by atoms with Crippen LogP contribution in [0.5, 0.6) is 0 Å². The normalized spacial score (nSPS) is 15.2. The molecule has 0 unspecified atom stereocenters. The standard InChI is InChI=1S/C15H19NO2S/c1-9-7-10(2)13(11(3)8-9)16-15(17)14-12(4)18-5-6-19-14/h7-8H,5-6H2,1-4H3,(H,16,17). The molecule has 4 heteroatoms. The third-order valence-corrected chi connectivity index (χ3v) is 4.22. The van der Waals surface area contributed by atoms with Crippen molar-refractivity contribution < 1.29 is 9.53 Å². The molecule has 1 amide bonds. The number of benzene rings is 1. The number of nitrogens with one attached hydrogen (secondary N) is 1. The van der Waals surface area contributed by atoms with E-state index >= 15 is 0 Å². The Labute approximate surface area is 118 Å². The van der Waals surface area contributed by atoms with Gasteiger partial charge < -0.3 is 10.1 Å². The minimum atomic E-state index is -0.0720. The number of allylic oxidation sites excluding steroid dienone is 1. The Bertz CT molecular complexity index is 526. The second kappa shape index (κ2) is 5.70. The lowest BCUT2D eigenvalue weighted by atomic mass is 10.1. The number of amides is 1. The first-order chi connectivity index (χ1) is 8.99. The summed E-state index contributed by atoms with van der Waals surface area (Å²) in [6, 6.07) is 4.16. The van der Waals surface area contributed by atoms with E-state index in [4.69, 9.17) is 4.74 Å². The quantitative estimate of drug-likeness (QED) is 0.898. The highest BCUT2D eigenvalue weighted by Gasteiger charge is 2.19. The molecule has 1 aromatic carbocycles. The van der Waals surface area contributed by atoms with Gasteiger partial charge in [-0.3, -0.25) is 4.79 Å². The van der Waals surface area contributed by atoms with Crippen LogP contribution in [-0.4, -0.2) is 18.3 Å². The van der Waals surface area contributed by atoms with Crippen LogP contribution in [0.15, 0.2) is 22.8 Å². The summed E-state index contributed by atoms with van der Waals surface area (Å²) in [6.07, 6.45) is 0. The van der Waals surface area contributed by atoms with E-state index in [2.05, 4.69) is 24.4 Å². The third kappa shape index (κ3) is 3.13. The fourth-order valence-corrected chi connectivity index (χ4v) is 3.09. The lowest BCUT2D eigenvalue weighted by Crippen LogP contribution is -2.19. The number of hydrogen-bond donors (Lipinski definition) is 1. The molecule has 0 atom stereocenters. The average Bonchev–Trinajstić information content (AvgIpc) is 2.34. The lowest BCUT2D eigenvalue weighted by Gasteiger charge is -2.19. The maximum atomic E-state index is 12.3. The molecule has 1 heterocycles. The SMILES string of the molecule is CC1=C(C(=O)Nc2c(C)cc(C)cc2C)SCCO1. The van der Waals surface area contributed by atoms with Crippen molar-refractivity contribution in [2.75, 3.05) is 17.7 Å². The first kappa shape index (κ1) is 14.0. The predicted molar refractivity (Wildman–Crippen MR) is 80.4 cm³/mol. The van der Waals surface area contributed by atoms with Gasteiger partial charge in [-0.2, -0.15) is 0 Å². The molecule has 1 aliphatic heterocycles. The fourth-order valence-electron chi connectivity index (χ4n) is 2.28. The molecular formula is C15H19NO2S. The number of carbonyl (C=O) groups is 1. The monoisotopic (exact) mass is 277 g/mol. The number of rotatable bonds is 2. The number of hydrogen-bond acceptors (Lipinski definition) is 3. The molecule has 0 radical (unpaired) electrons. The third-order valence-electron chi connectivity index (χ3n) is 3.09. The van der Waals surface area contributed by atoms with Crippen LogP contribution in [-0.2, 0) is 9.53 Å². The van der Waals surface area contributed by atoms with Crippen molar-refractivity contribution >= 4 is 23.4 Å². The van der Waals surface area contributed by atoms with E-state index in [9.17, 15) is 4.79 Å². The molecule has 102 valence electrons. The highest BCUT2D eigenvalue weighted by atomic mass is 32.2. The van der Waals surface area contributed by atoms with Crippen LogP contribution in [0.3, 0.4) is 0 Å². The topological polar surface area (TPSA) is 38.3 Å². The van der Waals surface area contributed by atoms with Crippen molar-refractivity contribution in [3.63, 3.8) is 0 Å². The van der Waals surface area contributed by atoms with Crippen LogP contribution in [0.4, 0.5) is 5.69 Å². The molecule has 2 rings (SSSR count). The second-order valence-corrected chi connectivity index (χ2v) is 5.92. The predicted octanol–water partition coefficient (Wildman–Crippen LogP) is 3.55. The summed E-state index contributed by atoms with van der Waals surface area (Å²) in [5.74, 6) is 1.47. The summed E-state index contributed by atoms with van der Waals surface area (Å²) >= 11 is 1.56. The van der Waals surface area contributed by atoms with Gasteiger partial charge >= 0.3 is 0 Å². The van der Waals surface area contributed by atoms with Gasteiger partial charge in [0.05, 0.1) is 6.61 Å². The zero-order valence-electron chi connectivity index (χ0n) is 11.8. The summed E-state index contributed by atoms with van der Waals surface area (Å²) in [5.41, 5.74) is 4.29. The minimum Gasteiger partial charge on any atom is -0.496 e. The van der Waals surface area contributed by atoms with Gasteiger partial charge in [-0.15, -0.1) is 11.8 Å². The molecule has 0 saturated heterocycles. The van der Waals surface area contributed by atoms with Gasteiger partial charge in [-0.25, -0.2) is 0 Å². The van der Waals surface area contributed by atoms with Gasteiger partial charge in [0.1, 0.15) is 10.7 Å². The zero-order chi connectivity index (χ0) is 14.0. The van der Waals surface area contributed by atoms with E-state index in [1.807, 2.05) is 20.8 Å². The molecule has 19 heavy (non-hydrogen) atoms. The van der Waals surface area contributed by atoms with Crippen LogP contribution in [0.25, 0.3) is 0 Å². The van der Waals surface area contributed by atoms with Crippen molar-refractivity contribution in [2.24, 2.45) is 0 Å². The first-order valence-electron chi connectivity index (χ1n) is 6.34. The van der Waals surface area contributed by atoms with E-state index in [1.165, 1.54) is 5.56 Å². The highest BCUT2D eigenvalue weighted by molar-refractivity contribution is 8.04. The summed E-state index contributed by atoms with van der Waals surface area (Å²) in [7, 11) is 0. The van der Waals surface area contributed by atoms with Crippen molar-refractivity contribution in [1.82, 2.24) is 0 Å². The van der Waals surface area contributed by atoms with Crippen molar-refractivity contribution in [1.29, 1.82) is 0 Å². The van der Waals surface area contributed by atoms with E-state index < -0.39 is 0 Å². The smallest absolute Gasteiger partial charge is 0.265 e. The van der Waals surface area contributed by atoms with Gasteiger partial charge in [0.15, 0.2) is 0 Å². The lowest BCUT2D eigenvalue weighted by molar-refractivity contribution is -0.112. The Kier molecular flexibility index (Phi) is 4.20. The molecule has 1 N–H and O–H groups in total. The van der Waals surface area contributed by atoms with Crippen molar-refractivity contribution in [2.45, 2.75) is 27.7 Å². The fraction of sp³-hybridized carbons (Fsp3) is 0.400.